The molecule has 0 radical (unpaired) electrons. The maximum Gasteiger partial charge on any atom is -1.00 e. The third kappa shape index (κ3) is 3.96. The van der Waals surface area contributed by atoms with Crippen molar-refractivity contribution in [3.8, 4) is 0 Å². The molecule has 1 aliphatic carbocycles. The summed E-state index contributed by atoms with van der Waals surface area (Å²) in [5.41, 5.74) is 3.00. The van der Waals surface area contributed by atoms with E-state index in [2.05, 4.69) is 32.9 Å². The Hall–Kier alpha value is 1.23. The Kier molecular flexibility index (Phi) is 10.5. The van der Waals surface area contributed by atoms with Gasteiger partial charge in [0, 0.05) is 0 Å². The van der Waals surface area contributed by atoms with Crippen molar-refractivity contribution in [1.82, 2.24) is 0 Å². The van der Waals surface area contributed by atoms with E-state index in [1.807, 2.05) is 0 Å². The summed E-state index contributed by atoms with van der Waals surface area (Å²) in [4.78, 5) is 0. The van der Waals surface area contributed by atoms with Crippen LogP contribution in [0.4, 0.5) is 0 Å². The third-order valence-corrected chi connectivity index (χ3v) is 3.37. The van der Waals surface area contributed by atoms with Gasteiger partial charge in [-0.25, -0.2) is 0 Å². The van der Waals surface area contributed by atoms with Crippen molar-refractivity contribution < 1.29 is 61.9 Å². The monoisotopic (exact) mass is 302 g/mol. The van der Waals surface area contributed by atoms with Crippen LogP contribution in [0, 0.1) is 0 Å². The van der Waals surface area contributed by atoms with Gasteiger partial charge >= 0.3 is 71.9 Å². The Balaban J connectivity index is -0.000000270. The van der Waals surface area contributed by atoms with Gasteiger partial charge in [-0.3, -0.25) is 0 Å². The Morgan fingerprint density at radius 3 is 1.67 bits per heavy atom. The standard InChI is InChI=1S/C8H11.3ClH.Zr/c1-6-4-5-7(2)8(6)3;;;;/h4-5H,1-3H3;3*1H;/q;;;;+3/p-3. The van der Waals surface area contributed by atoms with Crippen molar-refractivity contribution in [2.45, 2.75) is 23.9 Å². The van der Waals surface area contributed by atoms with Crippen LogP contribution in [0.25, 0.3) is 0 Å². The maximum absolute atomic E-state index is 2.30. The van der Waals surface area contributed by atoms with E-state index in [1.165, 1.54) is 5.57 Å². The minimum Gasteiger partial charge on any atom is -1.00 e. The molecule has 4 heteroatoms. The van der Waals surface area contributed by atoms with Gasteiger partial charge < -0.3 is 37.2 Å². The van der Waals surface area contributed by atoms with E-state index in [1.54, 1.807) is 30.3 Å². The molecule has 0 spiro atoms. The topological polar surface area (TPSA) is 0 Å². The van der Waals surface area contributed by atoms with Crippen LogP contribution in [-0.2, 0) is 24.7 Å². The van der Waals surface area contributed by atoms with Crippen LogP contribution in [0.3, 0.4) is 0 Å². The number of allylic oxidation sites excluding steroid dienone is 4. The first kappa shape index (κ1) is 18.9. The minimum atomic E-state index is 0. The summed E-state index contributed by atoms with van der Waals surface area (Å²) < 4.78 is 0.413. The molecule has 1 atom stereocenters. The van der Waals surface area contributed by atoms with Gasteiger partial charge in [-0.05, 0) is 0 Å². The van der Waals surface area contributed by atoms with Gasteiger partial charge in [0.25, 0.3) is 0 Å². The molecule has 1 rings (SSSR count). The molecule has 0 saturated carbocycles. The van der Waals surface area contributed by atoms with Crippen molar-refractivity contribution >= 4 is 0 Å². The second kappa shape index (κ2) is 6.65. The van der Waals surface area contributed by atoms with Crippen LogP contribution in [-0.4, -0.2) is 0 Å². The molecule has 1 unspecified atom stereocenters. The molecule has 0 fully saturated rings. The zero-order valence-electron chi connectivity index (χ0n) is 7.29. The summed E-state index contributed by atoms with van der Waals surface area (Å²) in [6, 6.07) is 0. The molecule has 0 bridgehead atoms. The van der Waals surface area contributed by atoms with Crippen LogP contribution in [0.1, 0.15) is 20.8 Å². The second-order valence-electron chi connectivity index (χ2n) is 2.84. The quantitative estimate of drug-likeness (QED) is 0.418. The molecule has 0 amide bonds. The molecule has 0 aromatic heterocycles. The molecule has 1 aliphatic rings. The van der Waals surface area contributed by atoms with E-state index in [0.29, 0.717) is 3.12 Å². The predicted molar refractivity (Wildman–Crippen MR) is 35.9 cm³/mol. The molecule has 0 N–H and O–H groups in total. The zero-order valence-corrected chi connectivity index (χ0v) is 12.0. The van der Waals surface area contributed by atoms with Crippen molar-refractivity contribution in [2.24, 2.45) is 0 Å². The normalized spacial score (nSPS) is 25.8. The fourth-order valence-electron chi connectivity index (χ4n) is 0.951. The molecule has 68 valence electrons. The average molecular weight is 305 g/mol. The largest absolute Gasteiger partial charge is 1.00 e. The van der Waals surface area contributed by atoms with Crippen molar-refractivity contribution in [2.75, 3.05) is 0 Å². The minimum absolute atomic E-state index is 0. The van der Waals surface area contributed by atoms with Gasteiger partial charge in [-0.2, -0.15) is 0 Å². The van der Waals surface area contributed by atoms with Crippen LogP contribution in [0.15, 0.2) is 23.3 Å². The molecule has 0 nitrogen and oxygen atoms in total. The van der Waals surface area contributed by atoms with E-state index in [-0.39, 0.29) is 37.2 Å². The molecule has 0 aromatic carbocycles. The Bertz CT molecular complexity index is 194. The second-order valence-corrected chi connectivity index (χ2v) is 5.40. The predicted octanol–water partition coefficient (Wildman–Crippen LogP) is -6.37. The van der Waals surface area contributed by atoms with Crippen molar-refractivity contribution in [1.29, 1.82) is 0 Å². The van der Waals surface area contributed by atoms with Crippen LogP contribution < -0.4 is 37.2 Å². The van der Waals surface area contributed by atoms with E-state index in [4.69, 9.17) is 0 Å². The Labute approximate surface area is 108 Å². The summed E-state index contributed by atoms with van der Waals surface area (Å²) in [6.07, 6.45) is 4.53. The van der Waals surface area contributed by atoms with E-state index < -0.39 is 0 Å². The maximum atomic E-state index is 2.30. The van der Waals surface area contributed by atoms with Crippen LogP contribution in [0.2, 0.25) is 3.12 Å². The van der Waals surface area contributed by atoms with Crippen molar-refractivity contribution in [3.63, 3.8) is 0 Å². The molecule has 0 heterocycles. The van der Waals surface area contributed by atoms with Crippen LogP contribution in [0.5, 0.6) is 0 Å². The first-order chi connectivity index (χ1) is 4.04. The fraction of sp³-hybridized carbons (Fsp3) is 0.500. The zero-order chi connectivity index (χ0) is 7.07. The Morgan fingerprint density at radius 2 is 1.58 bits per heavy atom. The van der Waals surface area contributed by atoms with E-state index in [9.17, 15) is 0 Å². The number of hydrogen-bond acceptors (Lipinski definition) is 0. The first-order valence-electron chi connectivity index (χ1n) is 3.16. The number of rotatable bonds is 0. The summed E-state index contributed by atoms with van der Waals surface area (Å²) >= 11 is 1.59. The fourth-order valence-corrected chi connectivity index (χ4v) is 1.64. The SMILES string of the molecule is CC1=C(C)[C](C)([Zr+3])C=C1.[Cl-].[Cl-].[Cl-]. The van der Waals surface area contributed by atoms with Gasteiger partial charge in [-0.15, -0.1) is 0 Å². The molecule has 0 aromatic rings. The third-order valence-electron chi connectivity index (χ3n) is 2.04. The number of hydrogen-bond donors (Lipinski definition) is 0. The molecule has 0 saturated heterocycles. The van der Waals surface area contributed by atoms with Gasteiger partial charge in [0.1, 0.15) is 0 Å². The van der Waals surface area contributed by atoms with Gasteiger partial charge in [0.15, 0.2) is 0 Å². The smallest absolute Gasteiger partial charge is 1.00 e. The molecular weight excluding hydrogens is 294 g/mol. The van der Waals surface area contributed by atoms with Crippen LogP contribution >= 0.6 is 0 Å². The summed E-state index contributed by atoms with van der Waals surface area (Å²) in [7, 11) is 0. The Morgan fingerprint density at radius 1 is 1.17 bits per heavy atom. The van der Waals surface area contributed by atoms with Crippen molar-refractivity contribution in [3.05, 3.63) is 23.3 Å². The summed E-state index contributed by atoms with van der Waals surface area (Å²) in [5.74, 6) is 0. The van der Waals surface area contributed by atoms with E-state index in [0.717, 1.165) is 0 Å². The van der Waals surface area contributed by atoms with Gasteiger partial charge in [-0.1, -0.05) is 0 Å². The number of halogens is 3. The molecular formula is C8H11Cl3Zr. The average Bonchev–Trinajstić information content (AvgIpc) is 1.97. The van der Waals surface area contributed by atoms with Gasteiger partial charge in [0.05, 0.1) is 0 Å². The first-order valence-corrected chi connectivity index (χ1v) is 4.39. The molecule has 0 aliphatic heterocycles. The van der Waals surface area contributed by atoms with E-state index >= 15 is 0 Å². The summed E-state index contributed by atoms with van der Waals surface area (Å²) in [6.45, 7) is 6.69. The molecule has 12 heavy (non-hydrogen) atoms. The summed E-state index contributed by atoms with van der Waals surface area (Å²) in [5, 5.41) is 0. The van der Waals surface area contributed by atoms with Gasteiger partial charge in [0.2, 0.25) is 0 Å².